The number of carbonyl (C=O) groups is 3. The molecule has 1 amide bonds. The van der Waals surface area contributed by atoms with E-state index in [1.807, 2.05) is 0 Å². The molecule has 0 bridgehead atoms. The molecule has 2 aromatic rings. The monoisotopic (exact) mass is 430 g/mol. The number of carbonyl (C=O) groups excluding carboxylic acids is 3. The lowest BCUT2D eigenvalue weighted by atomic mass is 9.93. The van der Waals surface area contributed by atoms with E-state index in [0.717, 1.165) is 24.3 Å². The molecule has 2 aromatic carbocycles. The molecule has 2 rings (SSSR count). The Morgan fingerprint density at radius 1 is 0.968 bits per heavy atom. The number of hydrogen-bond donors (Lipinski definition) is 1. The number of rotatable bonds is 9. The number of carboxylic acid groups (broad SMARTS) is 2. The zero-order valence-electron chi connectivity index (χ0n) is 15.6. The Hall–Kier alpha value is -4.55. The van der Waals surface area contributed by atoms with Gasteiger partial charge in [0.2, 0.25) is 0 Å². The fourth-order valence-corrected chi connectivity index (χ4v) is 2.98. The molecule has 13 heteroatoms. The predicted molar refractivity (Wildman–Crippen MR) is 99.2 cm³/mol. The third kappa shape index (κ3) is 4.24. The van der Waals surface area contributed by atoms with E-state index in [9.17, 15) is 44.8 Å². The highest BCUT2D eigenvalue weighted by molar-refractivity contribution is 6.10. The molecule has 0 saturated carbocycles. The first-order chi connectivity index (χ1) is 14.5. The number of amides is 1. The summed E-state index contributed by atoms with van der Waals surface area (Å²) in [5.41, 5.74) is 1.10. The summed E-state index contributed by atoms with van der Waals surface area (Å²) in [5.74, 6) is -6.13. The zero-order chi connectivity index (χ0) is 23.3. The van der Waals surface area contributed by atoms with Crippen LogP contribution >= 0.6 is 0 Å². The molecule has 0 radical (unpaired) electrons. The number of aliphatic carboxylic acids is 2. The molecule has 0 spiro atoms. The molecular formula is C18H14N4O9-2. The van der Waals surface area contributed by atoms with Gasteiger partial charge in [0.15, 0.2) is 5.97 Å². The van der Waals surface area contributed by atoms with Gasteiger partial charge in [0, 0.05) is 22.1 Å². The average molecular weight is 430 g/mol. The summed E-state index contributed by atoms with van der Waals surface area (Å²) in [5, 5.41) is 46.8. The normalized spacial score (nSPS) is 13.4. The van der Waals surface area contributed by atoms with Crippen LogP contribution in [-0.4, -0.2) is 39.4 Å². The molecule has 31 heavy (non-hydrogen) atoms. The van der Waals surface area contributed by atoms with Crippen molar-refractivity contribution >= 4 is 29.2 Å². The summed E-state index contributed by atoms with van der Waals surface area (Å²) in [6.45, 7) is 0. The lowest BCUT2D eigenvalue weighted by molar-refractivity contribution is -0.645. The first kappa shape index (κ1) is 22.7. The molecule has 2 atom stereocenters. The Balaban J connectivity index is 2.90. The second-order valence-electron chi connectivity index (χ2n) is 6.25. The van der Waals surface area contributed by atoms with Gasteiger partial charge in [0.1, 0.15) is 0 Å². The maximum Gasteiger partial charge on any atom is 0.409 e. The maximum atomic E-state index is 13.2. The van der Waals surface area contributed by atoms with Crippen molar-refractivity contribution in [2.45, 2.75) is 18.1 Å². The van der Waals surface area contributed by atoms with Crippen molar-refractivity contribution in [2.75, 3.05) is 10.6 Å². The summed E-state index contributed by atoms with van der Waals surface area (Å²) in [4.78, 5) is 57.0. The van der Waals surface area contributed by atoms with Crippen molar-refractivity contribution in [1.82, 2.24) is 0 Å². The number of carboxylic acids is 2. The summed E-state index contributed by atoms with van der Waals surface area (Å²) < 4.78 is 0. The highest BCUT2D eigenvalue weighted by atomic mass is 16.7. The number of nitrogens with zero attached hydrogens (tertiary/aromatic N) is 3. The van der Waals surface area contributed by atoms with E-state index in [4.69, 9.17) is 5.73 Å². The number of benzene rings is 2. The lowest BCUT2D eigenvalue weighted by Gasteiger charge is -2.37. The average Bonchev–Trinajstić information content (AvgIpc) is 2.70. The first-order valence-corrected chi connectivity index (χ1v) is 8.47. The number of nitro groups is 2. The van der Waals surface area contributed by atoms with E-state index >= 15 is 0 Å². The van der Waals surface area contributed by atoms with E-state index in [1.165, 1.54) is 30.3 Å². The SMILES string of the molecule is Nc1ccc(C(=O)N(c2ccccc2)[C@](C(=O)[O-])(C(CC(=O)[O-])[N+](=O)[O-])[N+](=O)[O-])cc1. The molecule has 2 N–H and O–H groups in total. The third-order valence-corrected chi connectivity index (χ3v) is 4.37. The summed E-state index contributed by atoms with van der Waals surface area (Å²) >= 11 is 0. The van der Waals surface area contributed by atoms with Crippen LogP contribution in [0.3, 0.4) is 0 Å². The smallest absolute Gasteiger partial charge is 0.409 e. The lowest BCUT2D eigenvalue weighted by Crippen LogP contribution is -2.74. The van der Waals surface area contributed by atoms with E-state index in [0.29, 0.717) is 0 Å². The third-order valence-electron chi connectivity index (χ3n) is 4.37. The minimum absolute atomic E-state index is 0.0320. The number of nitrogen functional groups attached to an aromatic ring is 1. The van der Waals surface area contributed by atoms with Crippen LogP contribution in [0.5, 0.6) is 0 Å². The first-order valence-electron chi connectivity index (χ1n) is 8.47. The molecule has 0 aliphatic rings. The van der Waals surface area contributed by atoms with Gasteiger partial charge in [-0.2, -0.15) is 0 Å². The van der Waals surface area contributed by atoms with E-state index < -0.39 is 51.5 Å². The van der Waals surface area contributed by atoms with Crippen LogP contribution in [0.4, 0.5) is 11.4 Å². The van der Waals surface area contributed by atoms with Gasteiger partial charge < -0.3 is 25.5 Å². The zero-order valence-corrected chi connectivity index (χ0v) is 15.6. The van der Waals surface area contributed by atoms with Crippen LogP contribution in [-0.2, 0) is 9.59 Å². The Bertz CT molecular complexity index is 1010. The van der Waals surface area contributed by atoms with E-state index in [2.05, 4.69) is 0 Å². The molecule has 0 aromatic heterocycles. The second-order valence-corrected chi connectivity index (χ2v) is 6.25. The van der Waals surface area contributed by atoms with Gasteiger partial charge in [-0.3, -0.25) is 25.0 Å². The summed E-state index contributed by atoms with van der Waals surface area (Å²) in [6.07, 6.45) is -1.68. The van der Waals surface area contributed by atoms with Gasteiger partial charge in [-0.05, 0) is 36.4 Å². The Morgan fingerprint density at radius 2 is 1.52 bits per heavy atom. The van der Waals surface area contributed by atoms with Crippen molar-refractivity contribution < 1.29 is 34.4 Å². The number of anilines is 2. The molecule has 162 valence electrons. The van der Waals surface area contributed by atoms with Gasteiger partial charge in [-0.1, -0.05) is 18.2 Å². The van der Waals surface area contributed by atoms with Crippen LogP contribution in [0.1, 0.15) is 16.8 Å². The van der Waals surface area contributed by atoms with Crippen LogP contribution in [0.25, 0.3) is 0 Å². The van der Waals surface area contributed by atoms with Gasteiger partial charge in [0.25, 0.3) is 5.91 Å². The van der Waals surface area contributed by atoms with Crippen LogP contribution in [0, 0.1) is 20.2 Å². The van der Waals surface area contributed by atoms with Gasteiger partial charge >= 0.3 is 11.7 Å². The Labute approximate surface area is 173 Å². The van der Waals surface area contributed by atoms with Crippen molar-refractivity contribution in [2.24, 2.45) is 0 Å². The van der Waals surface area contributed by atoms with Crippen LogP contribution < -0.4 is 20.8 Å². The van der Waals surface area contributed by atoms with Crippen molar-refractivity contribution in [1.29, 1.82) is 0 Å². The number of hydrogen-bond acceptors (Lipinski definition) is 10. The highest BCUT2D eigenvalue weighted by Crippen LogP contribution is 2.32. The van der Waals surface area contributed by atoms with Crippen molar-refractivity contribution in [3.8, 4) is 0 Å². The second kappa shape index (κ2) is 8.86. The molecular weight excluding hydrogens is 416 g/mol. The molecule has 0 heterocycles. The van der Waals surface area contributed by atoms with E-state index in [-0.39, 0.29) is 16.2 Å². The topological polar surface area (TPSA) is 213 Å². The highest BCUT2D eigenvalue weighted by Gasteiger charge is 2.66. The minimum atomic E-state index is -3.93. The maximum absolute atomic E-state index is 13.2. The van der Waals surface area contributed by atoms with Crippen molar-refractivity contribution in [3.63, 3.8) is 0 Å². The fraction of sp³-hybridized carbons (Fsp3) is 0.167. The quantitative estimate of drug-likeness (QED) is 0.209. The minimum Gasteiger partial charge on any atom is -0.550 e. The molecule has 1 unspecified atom stereocenters. The van der Waals surface area contributed by atoms with Gasteiger partial charge in [-0.25, -0.2) is 4.90 Å². The molecule has 13 nitrogen and oxygen atoms in total. The molecule has 0 aliphatic carbocycles. The summed E-state index contributed by atoms with van der Waals surface area (Å²) in [6, 6.07) is 7.98. The van der Waals surface area contributed by atoms with Gasteiger partial charge in [-0.15, -0.1) is 0 Å². The molecule has 0 fully saturated rings. The Morgan fingerprint density at radius 3 is 1.94 bits per heavy atom. The van der Waals surface area contributed by atoms with Crippen LogP contribution in [0.15, 0.2) is 54.6 Å². The van der Waals surface area contributed by atoms with Crippen LogP contribution in [0.2, 0.25) is 0 Å². The predicted octanol–water partition coefficient (Wildman–Crippen LogP) is -1.58. The van der Waals surface area contributed by atoms with Crippen molar-refractivity contribution in [3.05, 3.63) is 80.4 Å². The van der Waals surface area contributed by atoms with Gasteiger partial charge in [0.05, 0.1) is 17.0 Å². The number of para-hydroxylation sites is 1. The summed E-state index contributed by atoms with van der Waals surface area (Å²) in [7, 11) is 0. The molecule has 0 aliphatic heterocycles. The largest absolute Gasteiger partial charge is 0.550 e. The number of nitrogens with two attached hydrogens (primary N) is 1. The van der Waals surface area contributed by atoms with E-state index in [1.54, 1.807) is 0 Å². The Kier molecular flexibility index (Phi) is 6.49. The molecule has 0 saturated heterocycles. The standard InChI is InChI=1S/C18H16N4O9/c19-12-8-6-11(7-9-12)16(25)20(13-4-2-1-3-5-13)18(17(26)27,22(30)31)14(21(28)29)10-15(23)24/h1-9,14H,10,19H2,(H,23,24)(H,26,27)/p-2/t14?,18-/m1/s1. The fourth-order valence-electron chi connectivity index (χ4n) is 2.98.